The molecule has 5 nitrogen and oxygen atoms in total. The average molecular weight is 378 g/mol. The first kappa shape index (κ1) is 20.1. The van der Waals surface area contributed by atoms with Gasteiger partial charge in [0.1, 0.15) is 5.82 Å². The van der Waals surface area contributed by atoms with Crippen LogP contribution in [0, 0.1) is 19.3 Å². The highest BCUT2D eigenvalue weighted by Gasteiger charge is 2.22. The second-order valence-corrected chi connectivity index (χ2v) is 8.65. The molecule has 148 valence electrons. The summed E-state index contributed by atoms with van der Waals surface area (Å²) >= 11 is 0. The number of hydrogen-bond donors (Lipinski definition) is 3. The van der Waals surface area contributed by atoms with Crippen molar-refractivity contribution in [3.8, 4) is 0 Å². The summed E-state index contributed by atoms with van der Waals surface area (Å²) in [6, 6.07) is 12.7. The Morgan fingerprint density at radius 1 is 1.04 bits per heavy atom. The van der Waals surface area contributed by atoms with Crippen LogP contribution in [0.1, 0.15) is 44.4 Å². The lowest BCUT2D eigenvalue weighted by Gasteiger charge is -2.29. The van der Waals surface area contributed by atoms with Gasteiger partial charge in [-0.05, 0) is 61.1 Å². The molecule has 1 heterocycles. The first-order chi connectivity index (χ1) is 13.2. The minimum absolute atomic E-state index is 0.101. The smallest absolute Gasteiger partial charge is 0.229 e. The van der Waals surface area contributed by atoms with Crippen LogP contribution in [-0.2, 0) is 6.54 Å². The molecule has 4 N–H and O–H groups in total. The Hall–Kier alpha value is -2.66. The van der Waals surface area contributed by atoms with Gasteiger partial charge in [0.25, 0.3) is 0 Å². The maximum atomic E-state index is 5.98. The number of para-hydroxylation sites is 1. The lowest BCUT2D eigenvalue weighted by Crippen LogP contribution is -2.31. The Morgan fingerprint density at radius 3 is 2.32 bits per heavy atom. The van der Waals surface area contributed by atoms with Crippen LogP contribution in [0.25, 0.3) is 10.9 Å². The maximum Gasteiger partial charge on any atom is 0.229 e. The van der Waals surface area contributed by atoms with Crippen molar-refractivity contribution >= 4 is 28.4 Å². The molecule has 3 aromatic rings. The summed E-state index contributed by atoms with van der Waals surface area (Å²) in [6.45, 7) is 13.4. The Bertz CT molecular complexity index is 968. The molecular formula is C23H31N5. The molecular weight excluding hydrogens is 346 g/mol. The molecule has 0 amide bonds. The molecule has 5 heteroatoms. The quantitative estimate of drug-likeness (QED) is 0.563. The van der Waals surface area contributed by atoms with E-state index >= 15 is 0 Å². The summed E-state index contributed by atoms with van der Waals surface area (Å²) in [5, 5.41) is 7.96. The van der Waals surface area contributed by atoms with Crippen LogP contribution in [0.2, 0.25) is 0 Å². The van der Waals surface area contributed by atoms with Crippen molar-refractivity contribution < 1.29 is 0 Å². The van der Waals surface area contributed by atoms with Crippen LogP contribution in [0.4, 0.5) is 17.5 Å². The number of rotatable bonds is 5. The van der Waals surface area contributed by atoms with Crippen LogP contribution in [0.5, 0.6) is 0 Å². The van der Waals surface area contributed by atoms with Crippen molar-refractivity contribution in [2.75, 3.05) is 10.6 Å². The van der Waals surface area contributed by atoms with E-state index in [-0.39, 0.29) is 11.5 Å². The number of fused-ring (bicyclic) bond motifs is 1. The minimum atomic E-state index is 0.101. The molecule has 0 aliphatic heterocycles. The molecule has 0 aliphatic rings. The predicted octanol–water partition coefficient (Wildman–Crippen LogP) is 5.30. The first-order valence-corrected chi connectivity index (χ1v) is 9.79. The van der Waals surface area contributed by atoms with Crippen molar-refractivity contribution in [2.24, 2.45) is 11.1 Å². The number of benzene rings is 2. The first-order valence-electron chi connectivity index (χ1n) is 9.79. The third-order valence-corrected chi connectivity index (χ3v) is 5.16. The molecule has 0 spiro atoms. The number of aryl methyl sites for hydroxylation is 2. The molecule has 0 saturated carbocycles. The zero-order valence-corrected chi connectivity index (χ0v) is 17.7. The summed E-state index contributed by atoms with van der Waals surface area (Å²) in [4.78, 5) is 9.60. The van der Waals surface area contributed by atoms with Crippen LogP contribution in [0.3, 0.4) is 0 Å². The van der Waals surface area contributed by atoms with Crippen molar-refractivity contribution in [1.29, 1.82) is 0 Å². The lowest BCUT2D eigenvalue weighted by molar-refractivity contribution is 0.359. The fourth-order valence-electron chi connectivity index (χ4n) is 3.14. The molecule has 2 aromatic carbocycles. The number of nitrogens with zero attached hydrogens (tertiary/aromatic N) is 2. The Labute approximate surface area is 167 Å². The van der Waals surface area contributed by atoms with Gasteiger partial charge in [0.2, 0.25) is 5.95 Å². The molecule has 0 fully saturated rings. The van der Waals surface area contributed by atoms with E-state index in [0.717, 1.165) is 28.0 Å². The van der Waals surface area contributed by atoms with Gasteiger partial charge in [0.15, 0.2) is 0 Å². The van der Waals surface area contributed by atoms with Gasteiger partial charge in [0.05, 0.1) is 5.52 Å². The zero-order valence-electron chi connectivity index (χ0n) is 17.7. The van der Waals surface area contributed by atoms with E-state index in [4.69, 9.17) is 15.7 Å². The molecule has 0 radical (unpaired) electrons. The Kier molecular flexibility index (Phi) is 5.57. The lowest BCUT2D eigenvalue weighted by atomic mass is 9.88. The topological polar surface area (TPSA) is 75.9 Å². The number of nitrogens with one attached hydrogen (secondary N) is 2. The number of hydrogen-bond acceptors (Lipinski definition) is 5. The van der Waals surface area contributed by atoms with Gasteiger partial charge in [-0.3, -0.25) is 0 Å². The molecule has 1 aromatic heterocycles. The standard InChI is InChI=1S/C23H31N5/c1-14-10-15(2)12-18(11-14)26-22-27-20-17(13-24)8-7-9-19(20)21(28-22)25-16(3)23(4,5)6/h7-12,16H,13,24H2,1-6H3,(H2,25,26,27,28)/t16-/m1/s1. The third kappa shape index (κ3) is 4.42. The molecule has 28 heavy (non-hydrogen) atoms. The fourth-order valence-corrected chi connectivity index (χ4v) is 3.14. The zero-order chi connectivity index (χ0) is 20.5. The van der Waals surface area contributed by atoms with Crippen LogP contribution >= 0.6 is 0 Å². The van der Waals surface area contributed by atoms with E-state index in [0.29, 0.717) is 12.5 Å². The summed E-state index contributed by atoms with van der Waals surface area (Å²) in [5.41, 5.74) is 11.4. The van der Waals surface area contributed by atoms with Crippen molar-refractivity contribution in [3.63, 3.8) is 0 Å². The predicted molar refractivity (Wildman–Crippen MR) is 119 cm³/mol. The SMILES string of the molecule is Cc1cc(C)cc(Nc2nc(N[C@H](C)C(C)(C)C)c3cccc(CN)c3n2)c1. The average Bonchev–Trinajstić information content (AvgIpc) is 2.59. The summed E-state index contributed by atoms with van der Waals surface area (Å²) in [5.74, 6) is 1.40. The van der Waals surface area contributed by atoms with Gasteiger partial charge in [-0.15, -0.1) is 0 Å². The number of nitrogens with two attached hydrogens (primary N) is 1. The van der Waals surface area contributed by atoms with Crippen LogP contribution in [-0.4, -0.2) is 16.0 Å². The minimum Gasteiger partial charge on any atom is -0.366 e. The molecule has 1 atom stereocenters. The van der Waals surface area contributed by atoms with Crippen molar-refractivity contribution in [2.45, 2.75) is 54.1 Å². The fraction of sp³-hybridized carbons (Fsp3) is 0.391. The van der Waals surface area contributed by atoms with E-state index in [1.54, 1.807) is 0 Å². The summed E-state index contributed by atoms with van der Waals surface area (Å²) in [6.07, 6.45) is 0. The van der Waals surface area contributed by atoms with E-state index in [1.807, 2.05) is 18.2 Å². The van der Waals surface area contributed by atoms with E-state index in [1.165, 1.54) is 11.1 Å². The van der Waals surface area contributed by atoms with E-state index < -0.39 is 0 Å². The van der Waals surface area contributed by atoms with Gasteiger partial charge >= 0.3 is 0 Å². The van der Waals surface area contributed by atoms with Gasteiger partial charge < -0.3 is 16.4 Å². The van der Waals surface area contributed by atoms with Gasteiger partial charge in [-0.25, -0.2) is 4.98 Å². The largest absolute Gasteiger partial charge is 0.366 e. The Balaban J connectivity index is 2.10. The van der Waals surface area contributed by atoms with Gasteiger partial charge in [0, 0.05) is 23.7 Å². The molecule has 0 bridgehead atoms. The van der Waals surface area contributed by atoms with Crippen molar-refractivity contribution in [1.82, 2.24) is 9.97 Å². The molecule has 0 unspecified atom stereocenters. The summed E-state index contributed by atoms with van der Waals surface area (Å²) < 4.78 is 0. The van der Waals surface area contributed by atoms with E-state index in [9.17, 15) is 0 Å². The highest BCUT2D eigenvalue weighted by Crippen LogP contribution is 2.29. The second-order valence-electron chi connectivity index (χ2n) is 8.65. The van der Waals surface area contributed by atoms with Gasteiger partial charge in [-0.1, -0.05) is 39.0 Å². The normalized spacial score (nSPS) is 12.8. The molecule has 0 aliphatic carbocycles. The second kappa shape index (κ2) is 7.76. The summed E-state index contributed by atoms with van der Waals surface area (Å²) in [7, 11) is 0. The highest BCUT2D eigenvalue weighted by molar-refractivity contribution is 5.92. The number of anilines is 3. The molecule has 3 rings (SSSR count). The monoisotopic (exact) mass is 377 g/mol. The van der Waals surface area contributed by atoms with Crippen molar-refractivity contribution in [3.05, 3.63) is 53.1 Å². The maximum absolute atomic E-state index is 5.98. The van der Waals surface area contributed by atoms with Crippen LogP contribution < -0.4 is 16.4 Å². The Morgan fingerprint density at radius 2 is 1.71 bits per heavy atom. The van der Waals surface area contributed by atoms with Gasteiger partial charge in [-0.2, -0.15) is 4.98 Å². The highest BCUT2D eigenvalue weighted by atomic mass is 15.2. The third-order valence-electron chi connectivity index (χ3n) is 5.16. The van der Waals surface area contributed by atoms with Crippen LogP contribution in [0.15, 0.2) is 36.4 Å². The number of aromatic nitrogens is 2. The molecule has 0 saturated heterocycles. The van der Waals surface area contributed by atoms with E-state index in [2.05, 4.69) is 70.4 Å².